The number of nitrogens with zero attached hydrogens (tertiary/aromatic N) is 1. The molecule has 20 heavy (non-hydrogen) atoms. The highest BCUT2D eigenvalue weighted by Gasteiger charge is 2.38. The zero-order chi connectivity index (χ0) is 14.8. The minimum absolute atomic E-state index is 0.00513. The van der Waals surface area contributed by atoms with Crippen molar-refractivity contribution in [2.24, 2.45) is 5.41 Å². The van der Waals surface area contributed by atoms with Crippen molar-refractivity contribution in [3.63, 3.8) is 0 Å². The first kappa shape index (κ1) is 14.9. The van der Waals surface area contributed by atoms with E-state index in [0.717, 1.165) is 25.1 Å². The molecule has 110 valence electrons. The number of nitrogens with one attached hydrogen (secondary N) is 1. The van der Waals surface area contributed by atoms with Gasteiger partial charge < -0.3 is 15.0 Å². The minimum atomic E-state index is -0.228. The molecule has 0 aliphatic carbocycles. The average Bonchev–Trinajstić information content (AvgIpc) is 2.77. The van der Waals surface area contributed by atoms with Crippen molar-refractivity contribution in [2.45, 2.75) is 26.4 Å². The molecule has 1 N–H and O–H groups in total. The second-order valence-electron chi connectivity index (χ2n) is 6.12. The van der Waals surface area contributed by atoms with Crippen molar-refractivity contribution in [1.82, 2.24) is 10.2 Å². The smallest absolute Gasteiger partial charge is 0.410 e. The average molecular weight is 276 g/mol. The third kappa shape index (κ3) is 2.96. The number of carbonyl (C=O) groups is 1. The van der Waals surface area contributed by atoms with Crippen LogP contribution in [-0.4, -0.2) is 43.3 Å². The maximum absolute atomic E-state index is 12.3. The molecule has 2 aliphatic heterocycles. The number of hydrogen-bond acceptors (Lipinski definition) is 3. The Kier molecular flexibility index (Phi) is 4.33. The molecular formula is C16H24N2O2. The van der Waals surface area contributed by atoms with E-state index >= 15 is 0 Å². The summed E-state index contributed by atoms with van der Waals surface area (Å²) in [7, 11) is 0. The van der Waals surface area contributed by atoms with Crippen LogP contribution in [0.5, 0.6) is 0 Å². The summed E-state index contributed by atoms with van der Waals surface area (Å²) in [6.45, 7) is 14.7. The molecule has 4 heteroatoms. The normalized spacial score (nSPS) is 25.5. The Balaban J connectivity index is 1.99. The third-order valence-corrected chi connectivity index (χ3v) is 4.20. The molecule has 0 saturated carbocycles. The van der Waals surface area contributed by atoms with Crippen LogP contribution in [0.2, 0.25) is 0 Å². The van der Waals surface area contributed by atoms with Gasteiger partial charge in [-0.05, 0) is 17.6 Å². The van der Waals surface area contributed by atoms with Crippen LogP contribution >= 0.6 is 0 Å². The van der Waals surface area contributed by atoms with Crippen LogP contribution in [0.4, 0.5) is 4.79 Å². The second-order valence-corrected chi connectivity index (χ2v) is 6.12. The maximum Gasteiger partial charge on any atom is 0.410 e. The summed E-state index contributed by atoms with van der Waals surface area (Å²) < 4.78 is 5.67. The molecule has 1 unspecified atom stereocenters. The van der Waals surface area contributed by atoms with E-state index < -0.39 is 0 Å². The van der Waals surface area contributed by atoms with Crippen molar-refractivity contribution in [3.05, 3.63) is 36.5 Å². The van der Waals surface area contributed by atoms with E-state index in [-0.39, 0.29) is 17.6 Å². The summed E-state index contributed by atoms with van der Waals surface area (Å²) in [5, 5.41) is 3.27. The van der Waals surface area contributed by atoms with Gasteiger partial charge in [-0.2, -0.15) is 0 Å². The summed E-state index contributed by atoms with van der Waals surface area (Å²) >= 11 is 0. The van der Waals surface area contributed by atoms with E-state index in [1.54, 1.807) is 11.0 Å². The molecule has 1 atom stereocenters. The van der Waals surface area contributed by atoms with Gasteiger partial charge in [0, 0.05) is 31.6 Å². The number of amides is 1. The summed E-state index contributed by atoms with van der Waals surface area (Å²) in [4.78, 5) is 14.0. The topological polar surface area (TPSA) is 41.6 Å². The summed E-state index contributed by atoms with van der Waals surface area (Å²) in [6, 6.07) is 0. The lowest BCUT2D eigenvalue weighted by molar-refractivity contribution is 0.0302. The van der Waals surface area contributed by atoms with Gasteiger partial charge in [0.05, 0.1) is 0 Å². The molecule has 0 aromatic heterocycles. The Labute approximate surface area is 121 Å². The van der Waals surface area contributed by atoms with Crippen LogP contribution < -0.4 is 5.32 Å². The number of allylic oxidation sites excluding steroid dienone is 1. The van der Waals surface area contributed by atoms with E-state index in [0.29, 0.717) is 13.1 Å². The van der Waals surface area contributed by atoms with Crippen molar-refractivity contribution in [2.75, 3.05) is 26.2 Å². The second kappa shape index (κ2) is 5.83. The first-order valence-electron chi connectivity index (χ1n) is 7.11. The zero-order valence-electron chi connectivity index (χ0n) is 12.4. The first-order valence-corrected chi connectivity index (χ1v) is 7.11. The van der Waals surface area contributed by atoms with Gasteiger partial charge >= 0.3 is 6.09 Å². The lowest BCUT2D eigenvalue weighted by atomic mass is 9.90. The maximum atomic E-state index is 12.3. The molecular weight excluding hydrogens is 252 g/mol. The van der Waals surface area contributed by atoms with Gasteiger partial charge in [0.25, 0.3) is 0 Å². The standard InChI is InChI=1S/C16H24N2O2/c1-5-12-7-8-18(10-13(12)6-2)15(19)20-14-9-17-11-16(14,3)4/h5-6,14,17H,1-2,7-11H2,3-4H3. The Hall–Kier alpha value is -1.55. The largest absolute Gasteiger partial charge is 0.444 e. The predicted octanol–water partition coefficient (Wildman–Crippen LogP) is 2.50. The molecule has 1 fully saturated rings. The molecule has 0 bridgehead atoms. The molecule has 1 saturated heterocycles. The van der Waals surface area contributed by atoms with E-state index in [9.17, 15) is 4.79 Å². The highest BCUT2D eigenvalue weighted by molar-refractivity contribution is 5.69. The molecule has 2 rings (SSSR count). The van der Waals surface area contributed by atoms with Gasteiger partial charge in [-0.1, -0.05) is 39.2 Å². The lowest BCUT2D eigenvalue weighted by Crippen LogP contribution is -2.42. The van der Waals surface area contributed by atoms with Gasteiger partial charge in [0.15, 0.2) is 0 Å². The van der Waals surface area contributed by atoms with Gasteiger partial charge in [0.2, 0.25) is 0 Å². The predicted molar refractivity (Wildman–Crippen MR) is 80.5 cm³/mol. The molecule has 2 heterocycles. The monoisotopic (exact) mass is 276 g/mol. The van der Waals surface area contributed by atoms with Crippen LogP contribution in [0.25, 0.3) is 0 Å². The van der Waals surface area contributed by atoms with Gasteiger partial charge in [-0.15, -0.1) is 0 Å². The Morgan fingerprint density at radius 3 is 2.65 bits per heavy atom. The quantitative estimate of drug-likeness (QED) is 0.861. The van der Waals surface area contributed by atoms with Crippen LogP contribution in [0.3, 0.4) is 0 Å². The van der Waals surface area contributed by atoms with Crippen molar-refractivity contribution < 1.29 is 9.53 Å². The number of hydrogen-bond donors (Lipinski definition) is 1. The summed E-state index contributed by atoms with van der Waals surface area (Å²) in [6.07, 6.45) is 4.18. The number of rotatable bonds is 3. The van der Waals surface area contributed by atoms with Crippen molar-refractivity contribution in [3.8, 4) is 0 Å². The lowest BCUT2D eigenvalue weighted by Gasteiger charge is -2.32. The molecule has 2 aliphatic rings. The first-order chi connectivity index (χ1) is 9.47. The SMILES string of the molecule is C=CC1=C(C=C)CN(C(=O)OC2CNCC2(C)C)CC1. The number of ether oxygens (including phenoxy) is 1. The fraction of sp³-hybridized carbons (Fsp3) is 0.562. The third-order valence-electron chi connectivity index (χ3n) is 4.20. The van der Waals surface area contributed by atoms with Gasteiger partial charge in [0.1, 0.15) is 6.10 Å². The molecule has 0 spiro atoms. The summed E-state index contributed by atoms with van der Waals surface area (Å²) in [5.41, 5.74) is 2.23. The molecule has 1 amide bonds. The van der Waals surface area contributed by atoms with Crippen LogP contribution in [0, 0.1) is 5.41 Å². The van der Waals surface area contributed by atoms with Crippen LogP contribution in [-0.2, 0) is 4.74 Å². The highest BCUT2D eigenvalue weighted by atomic mass is 16.6. The van der Waals surface area contributed by atoms with Gasteiger partial charge in [-0.25, -0.2) is 4.79 Å². The molecule has 0 aromatic carbocycles. The molecule has 4 nitrogen and oxygen atoms in total. The van der Waals surface area contributed by atoms with E-state index in [2.05, 4.69) is 32.3 Å². The Bertz CT molecular complexity index is 451. The van der Waals surface area contributed by atoms with E-state index in [4.69, 9.17) is 4.74 Å². The molecule has 0 aromatic rings. The molecule has 0 radical (unpaired) electrons. The number of carbonyl (C=O) groups excluding carboxylic acids is 1. The fourth-order valence-electron chi connectivity index (χ4n) is 2.70. The Morgan fingerprint density at radius 1 is 1.40 bits per heavy atom. The van der Waals surface area contributed by atoms with Gasteiger partial charge in [-0.3, -0.25) is 0 Å². The van der Waals surface area contributed by atoms with Crippen LogP contribution in [0.15, 0.2) is 36.5 Å². The van der Waals surface area contributed by atoms with E-state index in [1.165, 1.54) is 5.57 Å². The highest BCUT2D eigenvalue weighted by Crippen LogP contribution is 2.28. The summed E-state index contributed by atoms with van der Waals surface area (Å²) in [5.74, 6) is 0. The fourth-order valence-corrected chi connectivity index (χ4v) is 2.70. The minimum Gasteiger partial charge on any atom is -0.444 e. The zero-order valence-corrected chi connectivity index (χ0v) is 12.4. The van der Waals surface area contributed by atoms with Crippen molar-refractivity contribution >= 4 is 6.09 Å². The Morgan fingerprint density at radius 2 is 2.10 bits per heavy atom. The van der Waals surface area contributed by atoms with E-state index in [1.807, 2.05) is 6.08 Å². The van der Waals surface area contributed by atoms with Crippen molar-refractivity contribution in [1.29, 1.82) is 0 Å². The van der Waals surface area contributed by atoms with Crippen LogP contribution in [0.1, 0.15) is 20.3 Å².